The van der Waals surface area contributed by atoms with Crippen molar-refractivity contribution in [3.8, 4) is 0 Å². The summed E-state index contributed by atoms with van der Waals surface area (Å²) in [6, 6.07) is 0.00561. The first kappa shape index (κ1) is 17.5. The van der Waals surface area contributed by atoms with Crippen molar-refractivity contribution in [1.29, 1.82) is 0 Å². The quantitative estimate of drug-likeness (QED) is 0.684. The second-order valence-electron chi connectivity index (χ2n) is 6.41. The topological polar surface area (TPSA) is 52.3 Å². The van der Waals surface area contributed by atoms with Gasteiger partial charge in [0.25, 0.3) is 0 Å². The maximum atomic E-state index is 12.1. The van der Waals surface area contributed by atoms with Crippen LogP contribution in [0.1, 0.15) is 78.6 Å². The Morgan fingerprint density at radius 1 is 1.25 bits per heavy atom. The Morgan fingerprint density at radius 3 is 2.45 bits per heavy atom. The van der Waals surface area contributed by atoms with Crippen LogP contribution in [0.4, 0.5) is 0 Å². The van der Waals surface area contributed by atoms with Gasteiger partial charge in [0.2, 0.25) is 0 Å². The van der Waals surface area contributed by atoms with E-state index >= 15 is 0 Å². The van der Waals surface area contributed by atoms with E-state index in [9.17, 15) is 4.79 Å². The number of rotatable bonds is 8. The van der Waals surface area contributed by atoms with Gasteiger partial charge in [-0.3, -0.25) is 4.79 Å². The zero-order chi connectivity index (χ0) is 15.0. The number of nitrogens with two attached hydrogens (primary N) is 1. The summed E-state index contributed by atoms with van der Waals surface area (Å²) in [5.41, 5.74) is 6.35. The highest BCUT2D eigenvalue weighted by atomic mass is 16.5. The van der Waals surface area contributed by atoms with Crippen LogP contribution in [0.5, 0.6) is 0 Å². The highest BCUT2D eigenvalue weighted by Crippen LogP contribution is 2.30. The molecule has 1 fully saturated rings. The van der Waals surface area contributed by atoms with Gasteiger partial charge in [0.15, 0.2) is 0 Å². The molecule has 3 atom stereocenters. The fraction of sp³-hybridized carbons (Fsp3) is 0.941. The standard InChI is InChI=1S/C17H33NO2/c1-4-6-12-15(18)16(14-10-8-7-9-11-14)20-17(19)13(3)5-2/h13-16H,4-12,18H2,1-3H3. The van der Waals surface area contributed by atoms with Crippen molar-refractivity contribution in [2.24, 2.45) is 17.6 Å². The molecule has 3 unspecified atom stereocenters. The average Bonchev–Trinajstić information content (AvgIpc) is 2.49. The lowest BCUT2D eigenvalue weighted by Crippen LogP contribution is -2.44. The molecule has 0 saturated heterocycles. The Labute approximate surface area is 124 Å². The molecule has 0 spiro atoms. The highest BCUT2D eigenvalue weighted by molar-refractivity contribution is 5.72. The maximum absolute atomic E-state index is 12.1. The molecule has 0 aliphatic heterocycles. The molecular formula is C17H33NO2. The smallest absolute Gasteiger partial charge is 0.308 e. The van der Waals surface area contributed by atoms with Crippen LogP contribution in [0, 0.1) is 11.8 Å². The molecular weight excluding hydrogens is 250 g/mol. The molecule has 0 aromatic heterocycles. The van der Waals surface area contributed by atoms with E-state index in [0.29, 0.717) is 5.92 Å². The van der Waals surface area contributed by atoms with Gasteiger partial charge in [-0.2, -0.15) is 0 Å². The number of hydrogen-bond acceptors (Lipinski definition) is 3. The minimum Gasteiger partial charge on any atom is -0.460 e. The molecule has 1 rings (SSSR count). The molecule has 0 aromatic carbocycles. The van der Waals surface area contributed by atoms with Crippen molar-refractivity contribution in [2.45, 2.75) is 90.7 Å². The fourth-order valence-electron chi connectivity index (χ4n) is 3.02. The van der Waals surface area contributed by atoms with Crippen molar-refractivity contribution >= 4 is 5.97 Å². The molecule has 0 radical (unpaired) electrons. The first-order valence-electron chi connectivity index (χ1n) is 8.56. The summed E-state index contributed by atoms with van der Waals surface area (Å²) in [5, 5.41) is 0. The van der Waals surface area contributed by atoms with Gasteiger partial charge in [0.1, 0.15) is 6.10 Å². The Morgan fingerprint density at radius 2 is 1.90 bits per heavy atom. The molecule has 1 saturated carbocycles. The minimum absolute atomic E-state index is 0.00561. The van der Waals surface area contributed by atoms with E-state index in [2.05, 4.69) is 6.92 Å². The molecule has 0 bridgehead atoms. The van der Waals surface area contributed by atoms with Crippen LogP contribution in [-0.2, 0) is 9.53 Å². The van der Waals surface area contributed by atoms with Gasteiger partial charge < -0.3 is 10.5 Å². The molecule has 0 amide bonds. The number of ether oxygens (including phenoxy) is 1. The lowest BCUT2D eigenvalue weighted by molar-refractivity contribution is -0.158. The van der Waals surface area contributed by atoms with Crippen LogP contribution >= 0.6 is 0 Å². The monoisotopic (exact) mass is 283 g/mol. The molecule has 1 aliphatic rings. The van der Waals surface area contributed by atoms with Crippen LogP contribution in [0.15, 0.2) is 0 Å². The van der Waals surface area contributed by atoms with Gasteiger partial charge in [-0.1, -0.05) is 52.9 Å². The molecule has 118 valence electrons. The largest absolute Gasteiger partial charge is 0.460 e. The molecule has 0 heterocycles. The SMILES string of the molecule is CCCCC(N)C(OC(=O)C(C)CC)C1CCCCC1. The minimum atomic E-state index is -0.0663. The average molecular weight is 283 g/mol. The van der Waals surface area contributed by atoms with Gasteiger partial charge >= 0.3 is 5.97 Å². The van der Waals surface area contributed by atoms with E-state index in [-0.39, 0.29) is 24.0 Å². The lowest BCUT2D eigenvalue weighted by atomic mass is 9.81. The number of esters is 1. The van der Waals surface area contributed by atoms with Crippen LogP contribution < -0.4 is 5.73 Å². The Hall–Kier alpha value is -0.570. The maximum Gasteiger partial charge on any atom is 0.308 e. The third-order valence-electron chi connectivity index (χ3n) is 4.69. The summed E-state index contributed by atoms with van der Waals surface area (Å²) in [7, 11) is 0. The van der Waals surface area contributed by atoms with E-state index in [0.717, 1.165) is 38.5 Å². The third-order valence-corrected chi connectivity index (χ3v) is 4.69. The van der Waals surface area contributed by atoms with Crippen LogP contribution in [0.3, 0.4) is 0 Å². The predicted molar refractivity (Wildman–Crippen MR) is 83.4 cm³/mol. The van der Waals surface area contributed by atoms with Gasteiger partial charge in [-0.25, -0.2) is 0 Å². The van der Waals surface area contributed by atoms with Gasteiger partial charge in [0.05, 0.1) is 5.92 Å². The highest BCUT2D eigenvalue weighted by Gasteiger charge is 2.32. The third kappa shape index (κ3) is 5.43. The van der Waals surface area contributed by atoms with E-state index in [1.165, 1.54) is 19.3 Å². The number of carbonyl (C=O) groups is 1. The predicted octanol–water partition coefficient (Wildman–Crippen LogP) is 4.04. The molecule has 3 heteroatoms. The van der Waals surface area contributed by atoms with E-state index < -0.39 is 0 Å². The van der Waals surface area contributed by atoms with E-state index in [4.69, 9.17) is 10.5 Å². The summed E-state index contributed by atoms with van der Waals surface area (Å²) in [6.45, 7) is 6.14. The van der Waals surface area contributed by atoms with Crippen molar-refractivity contribution in [2.75, 3.05) is 0 Å². The normalized spacial score (nSPS) is 21.2. The van der Waals surface area contributed by atoms with Crippen LogP contribution in [0.25, 0.3) is 0 Å². The van der Waals surface area contributed by atoms with Crippen LogP contribution in [0.2, 0.25) is 0 Å². The van der Waals surface area contributed by atoms with Gasteiger partial charge in [0, 0.05) is 6.04 Å². The Kier molecular flexibility index (Phi) is 8.20. The van der Waals surface area contributed by atoms with Gasteiger partial charge in [-0.15, -0.1) is 0 Å². The molecule has 20 heavy (non-hydrogen) atoms. The molecule has 1 aliphatic carbocycles. The number of carbonyl (C=O) groups excluding carboxylic acids is 1. The molecule has 2 N–H and O–H groups in total. The molecule has 3 nitrogen and oxygen atoms in total. The Bertz CT molecular complexity index is 274. The number of hydrogen-bond donors (Lipinski definition) is 1. The van der Waals surface area contributed by atoms with Crippen LogP contribution in [-0.4, -0.2) is 18.1 Å². The van der Waals surface area contributed by atoms with E-state index in [1.807, 2.05) is 13.8 Å². The van der Waals surface area contributed by atoms with E-state index in [1.54, 1.807) is 0 Å². The second-order valence-corrected chi connectivity index (χ2v) is 6.41. The summed E-state index contributed by atoms with van der Waals surface area (Å²) < 4.78 is 5.84. The summed E-state index contributed by atoms with van der Waals surface area (Å²) in [6.07, 6.45) is 10.1. The lowest BCUT2D eigenvalue weighted by Gasteiger charge is -2.34. The van der Waals surface area contributed by atoms with Crippen molar-refractivity contribution in [3.63, 3.8) is 0 Å². The van der Waals surface area contributed by atoms with Crippen molar-refractivity contribution in [3.05, 3.63) is 0 Å². The first-order valence-corrected chi connectivity index (χ1v) is 8.56. The molecule has 0 aromatic rings. The zero-order valence-electron chi connectivity index (χ0n) is 13.6. The summed E-state index contributed by atoms with van der Waals surface area (Å²) >= 11 is 0. The fourth-order valence-corrected chi connectivity index (χ4v) is 3.02. The zero-order valence-corrected chi connectivity index (χ0v) is 13.6. The van der Waals surface area contributed by atoms with Crippen molar-refractivity contribution < 1.29 is 9.53 Å². The number of unbranched alkanes of at least 4 members (excludes halogenated alkanes) is 1. The van der Waals surface area contributed by atoms with Crippen molar-refractivity contribution in [1.82, 2.24) is 0 Å². The Balaban J connectivity index is 2.64. The first-order chi connectivity index (χ1) is 9.60. The summed E-state index contributed by atoms with van der Waals surface area (Å²) in [4.78, 5) is 12.1. The van der Waals surface area contributed by atoms with Gasteiger partial charge in [-0.05, 0) is 31.6 Å². The second kappa shape index (κ2) is 9.38. The summed E-state index contributed by atoms with van der Waals surface area (Å²) in [5.74, 6) is 0.401.